The highest BCUT2D eigenvalue weighted by Gasteiger charge is 2.39. The molecule has 0 aliphatic carbocycles. The first-order valence-corrected chi connectivity index (χ1v) is 7.73. The fourth-order valence-electron chi connectivity index (χ4n) is 2.81. The van der Waals surface area contributed by atoms with Gasteiger partial charge < -0.3 is 19.5 Å². The number of carbonyl (C=O) groups is 2. The van der Waals surface area contributed by atoms with E-state index in [0.717, 1.165) is 0 Å². The average molecular weight is 342 g/mol. The number of aliphatic hydroxyl groups excluding tert-OH is 1. The predicted molar refractivity (Wildman–Crippen MR) is 84.5 cm³/mol. The molecule has 2 atom stereocenters. The summed E-state index contributed by atoms with van der Waals surface area (Å²) in [5.74, 6) is -0.335. The van der Waals surface area contributed by atoms with Crippen LogP contribution < -0.4 is 4.74 Å². The highest BCUT2D eigenvalue weighted by Crippen LogP contribution is 2.25. The van der Waals surface area contributed by atoms with E-state index in [9.17, 15) is 14.7 Å². The maximum absolute atomic E-state index is 12.6. The molecule has 0 saturated carbocycles. The number of halogens is 1. The Labute approximate surface area is 139 Å². The van der Waals surface area contributed by atoms with Crippen LogP contribution in [0.1, 0.15) is 18.4 Å². The number of aliphatic hydroxyl groups is 1. The van der Waals surface area contributed by atoms with E-state index < -0.39 is 18.1 Å². The van der Waals surface area contributed by atoms with Crippen LogP contribution in [-0.4, -0.2) is 54.8 Å². The van der Waals surface area contributed by atoms with Crippen LogP contribution in [0, 0.1) is 0 Å². The molecule has 0 unspecified atom stereocenters. The van der Waals surface area contributed by atoms with Gasteiger partial charge in [0.25, 0.3) is 0 Å². The number of likely N-dealkylation sites (tertiary alicyclic amines) is 1. The molecular weight excluding hydrogens is 322 g/mol. The average Bonchev–Trinajstić information content (AvgIpc) is 2.54. The quantitative estimate of drug-likeness (QED) is 0.838. The predicted octanol–water partition coefficient (Wildman–Crippen LogP) is 1.42. The lowest BCUT2D eigenvalue weighted by Crippen LogP contribution is -2.55. The zero-order valence-corrected chi connectivity index (χ0v) is 13.9. The van der Waals surface area contributed by atoms with E-state index in [4.69, 9.17) is 21.1 Å². The lowest BCUT2D eigenvalue weighted by molar-refractivity contribution is -0.160. The SMILES string of the molecule is COC(=O)[C@H]1[C@H](O)CCCN1C(=O)Cc1cc(Cl)ccc1OC. The topological polar surface area (TPSA) is 76.1 Å². The zero-order chi connectivity index (χ0) is 17.0. The summed E-state index contributed by atoms with van der Waals surface area (Å²) in [4.78, 5) is 25.9. The molecular formula is C16H20ClNO5. The number of esters is 1. The van der Waals surface area contributed by atoms with Crippen molar-refractivity contribution in [2.24, 2.45) is 0 Å². The number of piperidine rings is 1. The summed E-state index contributed by atoms with van der Waals surface area (Å²) in [5, 5.41) is 10.6. The first kappa shape index (κ1) is 17.6. The first-order valence-electron chi connectivity index (χ1n) is 7.35. The van der Waals surface area contributed by atoms with Crippen LogP contribution in [0.25, 0.3) is 0 Å². The molecule has 1 heterocycles. The second-order valence-electron chi connectivity index (χ2n) is 5.40. The highest BCUT2D eigenvalue weighted by molar-refractivity contribution is 6.30. The number of benzene rings is 1. The Kier molecular flexibility index (Phi) is 5.85. The van der Waals surface area contributed by atoms with E-state index in [1.807, 2.05) is 0 Å². The Morgan fingerprint density at radius 3 is 2.78 bits per heavy atom. The zero-order valence-electron chi connectivity index (χ0n) is 13.1. The molecule has 2 rings (SSSR count). The second-order valence-corrected chi connectivity index (χ2v) is 5.83. The number of nitrogens with zero attached hydrogens (tertiary/aromatic N) is 1. The van der Waals surface area contributed by atoms with Gasteiger partial charge in [0.1, 0.15) is 5.75 Å². The molecule has 1 aromatic rings. The molecule has 0 bridgehead atoms. The van der Waals surface area contributed by atoms with Gasteiger partial charge in [-0.1, -0.05) is 11.6 Å². The minimum absolute atomic E-state index is 0.0317. The van der Waals surface area contributed by atoms with Gasteiger partial charge in [-0.2, -0.15) is 0 Å². The minimum atomic E-state index is -0.966. The Balaban J connectivity index is 2.21. The number of amides is 1. The van der Waals surface area contributed by atoms with E-state index in [-0.39, 0.29) is 12.3 Å². The van der Waals surface area contributed by atoms with Gasteiger partial charge in [-0.25, -0.2) is 4.79 Å². The van der Waals surface area contributed by atoms with E-state index in [0.29, 0.717) is 35.7 Å². The second kappa shape index (κ2) is 7.66. The summed E-state index contributed by atoms with van der Waals surface area (Å²) in [7, 11) is 2.76. The molecule has 7 heteroatoms. The van der Waals surface area contributed by atoms with Gasteiger partial charge in [0.05, 0.1) is 26.7 Å². The molecule has 1 saturated heterocycles. The molecule has 1 N–H and O–H groups in total. The van der Waals surface area contributed by atoms with Crippen LogP contribution in [0.5, 0.6) is 5.75 Å². The minimum Gasteiger partial charge on any atom is -0.496 e. The van der Waals surface area contributed by atoms with Crippen LogP contribution in [0.2, 0.25) is 5.02 Å². The van der Waals surface area contributed by atoms with Gasteiger partial charge in [-0.3, -0.25) is 4.79 Å². The van der Waals surface area contributed by atoms with Gasteiger partial charge in [0.2, 0.25) is 5.91 Å². The van der Waals surface area contributed by atoms with Gasteiger partial charge in [-0.15, -0.1) is 0 Å². The van der Waals surface area contributed by atoms with E-state index >= 15 is 0 Å². The maximum atomic E-state index is 12.6. The molecule has 1 aliphatic heterocycles. The van der Waals surface area contributed by atoms with Crippen molar-refractivity contribution in [2.75, 3.05) is 20.8 Å². The number of hydrogen-bond donors (Lipinski definition) is 1. The smallest absolute Gasteiger partial charge is 0.331 e. The molecule has 0 aromatic heterocycles. The van der Waals surface area contributed by atoms with Gasteiger partial charge in [-0.05, 0) is 31.0 Å². The fraction of sp³-hybridized carbons (Fsp3) is 0.500. The van der Waals surface area contributed by atoms with Crippen molar-refractivity contribution in [2.45, 2.75) is 31.4 Å². The van der Waals surface area contributed by atoms with Gasteiger partial charge in [0, 0.05) is 17.1 Å². The largest absolute Gasteiger partial charge is 0.496 e. The summed E-state index contributed by atoms with van der Waals surface area (Å²) in [5.41, 5.74) is 0.633. The molecule has 1 fully saturated rings. The lowest BCUT2D eigenvalue weighted by Gasteiger charge is -2.37. The van der Waals surface area contributed by atoms with Crippen LogP contribution in [0.3, 0.4) is 0 Å². The Morgan fingerprint density at radius 1 is 1.39 bits per heavy atom. The summed E-state index contributed by atoms with van der Waals surface area (Å²) < 4.78 is 9.95. The summed E-state index contributed by atoms with van der Waals surface area (Å²) in [6.45, 7) is 0.401. The monoisotopic (exact) mass is 341 g/mol. The molecule has 0 spiro atoms. The van der Waals surface area contributed by atoms with Crippen molar-refractivity contribution in [1.29, 1.82) is 0 Å². The van der Waals surface area contributed by atoms with Crippen LogP contribution in [-0.2, 0) is 20.7 Å². The van der Waals surface area contributed by atoms with Crippen molar-refractivity contribution < 1.29 is 24.2 Å². The summed E-state index contributed by atoms with van der Waals surface area (Å²) in [6.07, 6.45) is 0.211. The Hall–Kier alpha value is -1.79. The highest BCUT2D eigenvalue weighted by atomic mass is 35.5. The first-order chi connectivity index (χ1) is 11.0. The Bertz CT molecular complexity index is 592. The molecule has 1 aromatic carbocycles. The summed E-state index contributed by atoms with van der Waals surface area (Å²) in [6, 6.07) is 4.06. The molecule has 0 radical (unpaired) electrons. The maximum Gasteiger partial charge on any atom is 0.331 e. The summed E-state index contributed by atoms with van der Waals surface area (Å²) >= 11 is 5.97. The van der Waals surface area contributed by atoms with Crippen molar-refractivity contribution >= 4 is 23.5 Å². The van der Waals surface area contributed by atoms with E-state index in [2.05, 4.69) is 0 Å². The van der Waals surface area contributed by atoms with Crippen LogP contribution in [0.4, 0.5) is 0 Å². The van der Waals surface area contributed by atoms with E-state index in [1.165, 1.54) is 19.1 Å². The van der Waals surface area contributed by atoms with Crippen molar-refractivity contribution in [3.63, 3.8) is 0 Å². The molecule has 1 amide bonds. The number of rotatable bonds is 4. The Morgan fingerprint density at radius 2 is 2.13 bits per heavy atom. The molecule has 23 heavy (non-hydrogen) atoms. The van der Waals surface area contributed by atoms with Crippen molar-refractivity contribution in [3.05, 3.63) is 28.8 Å². The van der Waals surface area contributed by atoms with Gasteiger partial charge in [0.15, 0.2) is 6.04 Å². The normalized spacial score (nSPS) is 21.0. The van der Waals surface area contributed by atoms with E-state index in [1.54, 1.807) is 18.2 Å². The third-order valence-electron chi connectivity index (χ3n) is 3.95. The number of methoxy groups -OCH3 is 2. The van der Waals surface area contributed by atoms with Crippen molar-refractivity contribution in [3.8, 4) is 5.75 Å². The third kappa shape index (κ3) is 3.95. The van der Waals surface area contributed by atoms with Gasteiger partial charge >= 0.3 is 5.97 Å². The standard InChI is InChI=1S/C16H20ClNO5/c1-22-13-6-5-11(17)8-10(13)9-14(20)18-7-3-4-12(19)15(18)16(21)23-2/h5-6,8,12,15,19H,3-4,7,9H2,1-2H3/t12-,15-/m1/s1. The third-order valence-corrected chi connectivity index (χ3v) is 4.18. The number of ether oxygens (including phenoxy) is 2. The fourth-order valence-corrected chi connectivity index (χ4v) is 3.00. The molecule has 6 nitrogen and oxygen atoms in total. The van der Waals surface area contributed by atoms with Crippen LogP contribution >= 0.6 is 11.6 Å². The molecule has 1 aliphatic rings. The number of hydrogen-bond acceptors (Lipinski definition) is 5. The lowest BCUT2D eigenvalue weighted by atomic mass is 9.97. The number of carbonyl (C=O) groups excluding carboxylic acids is 2. The van der Waals surface area contributed by atoms with Crippen LogP contribution in [0.15, 0.2) is 18.2 Å². The van der Waals surface area contributed by atoms with Crippen molar-refractivity contribution in [1.82, 2.24) is 4.90 Å². The molecule has 126 valence electrons.